The van der Waals surface area contributed by atoms with Crippen LogP contribution in [0.3, 0.4) is 0 Å². The molecule has 4 aromatic rings. The second-order valence-electron chi connectivity index (χ2n) is 7.12. The van der Waals surface area contributed by atoms with Gasteiger partial charge in [0.15, 0.2) is 10.3 Å². The molecule has 9 heteroatoms. The molecular formula is C22H23N5OS3. The molecule has 0 fully saturated rings. The number of aryl methyl sites for hydroxylation is 3. The first kappa shape index (κ1) is 21.7. The lowest BCUT2D eigenvalue weighted by molar-refractivity contribution is -0.115. The summed E-state index contributed by atoms with van der Waals surface area (Å²) in [5.41, 5.74) is 4.05. The second-order valence-corrected chi connectivity index (χ2v) is 9.93. The predicted molar refractivity (Wildman–Crippen MR) is 128 cm³/mol. The van der Waals surface area contributed by atoms with Gasteiger partial charge in [0.25, 0.3) is 0 Å². The van der Waals surface area contributed by atoms with Crippen molar-refractivity contribution in [2.75, 3.05) is 4.90 Å². The lowest BCUT2D eigenvalue weighted by Crippen LogP contribution is -2.23. The van der Waals surface area contributed by atoms with Crippen molar-refractivity contribution in [3.63, 3.8) is 0 Å². The van der Waals surface area contributed by atoms with Crippen LogP contribution in [0.4, 0.5) is 10.8 Å². The minimum Gasteiger partial charge on any atom is -0.308 e. The first-order chi connectivity index (χ1) is 15.0. The van der Waals surface area contributed by atoms with Gasteiger partial charge >= 0.3 is 0 Å². The van der Waals surface area contributed by atoms with Crippen LogP contribution in [0, 0.1) is 13.8 Å². The number of hydrogen-bond acceptors (Lipinski definition) is 7. The molecule has 31 heavy (non-hydrogen) atoms. The monoisotopic (exact) mass is 469 g/mol. The molecule has 160 valence electrons. The molecule has 3 heterocycles. The van der Waals surface area contributed by atoms with Crippen LogP contribution in [-0.4, -0.2) is 25.7 Å². The summed E-state index contributed by atoms with van der Waals surface area (Å²) >= 11 is 4.86. The number of anilines is 2. The molecule has 0 radical (unpaired) electrons. The van der Waals surface area contributed by atoms with Crippen molar-refractivity contribution >= 4 is 51.2 Å². The Balaban J connectivity index is 1.45. The first-order valence-corrected chi connectivity index (χ1v) is 12.6. The zero-order valence-electron chi connectivity index (χ0n) is 17.6. The third-order valence-corrected chi connectivity index (χ3v) is 7.80. The Bertz CT molecular complexity index is 1170. The average Bonchev–Trinajstić information content (AvgIpc) is 3.50. The number of carbonyl (C=O) groups excluding carboxylic acids is 1. The molecule has 0 aliphatic carbocycles. The predicted octanol–water partition coefficient (Wildman–Crippen LogP) is 5.63. The van der Waals surface area contributed by atoms with Crippen molar-refractivity contribution in [2.45, 2.75) is 44.6 Å². The second kappa shape index (κ2) is 9.76. The van der Waals surface area contributed by atoms with E-state index in [4.69, 9.17) is 4.98 Å². The average molecular weight is 470 g/mol. The zero-order valence-corrected chi connectivity index (χ0v) is 20.1. The van der Waals surface area contributed by atoms with Gasteiger partial charge in [-0.3, -0.25) is 9.69 Å². The van der Waals surface area contributed by atoms with Crippen LogP contribution >= 0.6 is 34.4 Å². The van der Waals surface area contributed by atoms with Crippen molar-refractivity contribution in [1.82, 2.24) is 19.7 Å². The molecule has 0 saturated carbocycles. The molecule has 0 aliphatic rings. The minimum absolute atomic E-state index is 0.0458. The van der Waals surface area contributed by atoms with E-state index in [1.807, 2.05) is 24.4 Å². The molecule has 0 spiro atoms. The summed E-state index contributed by atoms with van der Waals surface area (Å²) in [4.78, 5) is 20.2. The van der Waals surface area contributed by atoms with E-state index in [-0.39, 0.29) is 5.91 Å². The van der Waals surface area contributed by atoms with Gasteiger partial charge in [-0.1, -0.05) is 30.0 Å². The van der Waals surface area contributed by atoms with E-state index in [2.05, 4.69) is 45.3 Å². The summed E-state index contributed by atoms with van der Waals surface area (Å²) in [6, 6.07) is 10.2. The Hall–Kier alpha value is -2.49. The number of thioether (sulfide) groups is 1. The van der Waals surface area contributed by atoms with Gasteiger partial charge in [0.2, 0.25) is 5.91 Å². The van der Waals surface area contributed by atoms with Gasteiger partial charge in [0, 0.05) is 29.5 Å². The normalized spacial score (nSPS) is 11.1. The maximum atomic E-state index is 12.4. The highest BCUT2D eigenvalue weighted by atomic mass is 32.2. The lowest BCUT2D eigenvalue weighted by Gasteiger charge is -2.21. The van der Waals surface area contributed by atoms with Crippen molar-refractivity contribution in [1.29, 1.82) is 0 Å². The molecule has 0 bridgehead atoms. The van der Waals surface area contributed by atoms with Gasteiger partial charge in [-0.05, 0) is 48.9 Å². The quantitative estimate of drug-likeness (QED) is 0.313. The van der Waals surface area contributed by atoms with E-state index in [0.717, 1.165) is 40.6 Å². The summed E-state index contributed by atoms with van der Waals surface area (Å²) in [6.45, 7) is 6.51. The number of carbonyl (C=O) groups is 1. The Morgan fingerprint density at radius 3 is 2.84 bits per heavy atom. The third-order valence-electron chi connectivity index (χ3n) is 4.97. The topological polar surface area (TPSA) is 63.9 Å². The van der Waals surface area contributed by atoms with E-state index in [1.54, 1.807) is 41.2 Å². The molecule has 0 unspecified atom stereocenters. The highest BCUT2D eigenvalue weighted by molar-refractivity contribution is 7.98. The van der Waals surface area contributed by atoms with Crippen LogP contribution in [-0.2, 0) is 23.5 Å². The van der Waals surface area contributed by atoms with E-state index < -0.39 is 0 Å². The fourth-order valence-electron chi connectivity index (χ4n) is 3.18. The van der Waals surface area contributed by atoms with Crippen molar-refractivity contribution in [3.8, 4) is 0 Å². The third kappa shape index (κ3) is 5.06. The molecular weight excluding hydrogens is 446 g/mol. The molecule has 0 atom stereocenters. The molecule has 6 nitrogen and oxygen atoms in total. The van der Waals surface area contributed by atoms with Crippen molar-refractivity contribution in [2.24, 2.45) is 0 Å². The van der Waals surface area contributed by atoms with Crippen LogP contribution in [0.2, 0.25) is 0 Å². The van der Waals surface area contributed by atoms with Gasteiger partial charge in [-0.25, -0.2) is 4.98 Å². The fourth-order valence-corrected chi connectivity index (χ4v) is 5.70. The molecule has 0 saturated heterocycles. The Morgan fingerprint density at radius 1 is 1.19 bits per heavy atom. The Labute approximate surface area is 194 Å². The number of thiophene rings is 1. The van der Waals surface area contributed by atoms with Crippen LogP contribution < -0.4 is 4.90 Å². The smallest absolute Gasteiger partial charge is 0.230 e. The Morgan fingerprint density at radius 2 is 2.06 bits per heavy atom. The van der Waals surface area contributed by atoms with Gasteiger partial charge in [-0.2, -0.15) is 0 Å². The molecule has 1 amide bonds. The van der Waals surface area contributed by atoms with E-state index >= 15 is 0 Å². The summed E-state index contributed by atoms with van der Waals surface area (Å²) in [7, 11) is 0. The molecule has 0 aliphatic heterocycles. The van der Waals surface area contributed by atoms with Crippen molar-refractivity contribution in [3.05, 3.63) is 69.1 Å². The van der Waals surface area contributed by atoms with Gasteiger partial charge < -0.3 is 4.57 Å². The molecule has 0 N–H and O–H groups in total. The molecule has 1 aromatic carbocycles. The number of aromatic nitrogens is 4. The molecule has 3 aromatic heterocycles. The van der Waals surface area contributed by atoms with E-state index in [1.165, 1.54) is 16.2 Å². The number of benzene rings is 1. The van der Waals surface area contributed by atoms with Gasteiger partial charge in [-0.15, -0.1) is 32.9 Å². The van der Waals surface area contributed by atoms with Crippen LogP contribution in [0.25, 0.3) is 0 Å². The number of nitrogens with zero attached hydrogens (tertiary/aromatic N) is 5. The largest absolute Gasteiger partial charge is 0.308 e. The fraction of sp³-hybridized carbons (Fsp3) is 0.273. The van der Waals surface area contributed by atoms with Crippen LogP contribution in [0.1, 0.15) is 28.6 Å². The summed E-state index contributed by atoms with van der Waals surface area (Å²) < 4.78 is 2.08. The number of amides is 1. The van der Waals surface area contributed by atoms with Gasteiger partial charge in [0.1, 0.15) is 6.33 Å². The zero-order chi connectivity index (χ0) is 21.8. The maximum absolute atomic E-state index is 12.4. The minimum atomic E-state index is -0.0458. The highest BCUT2D eigenvalue weighted by Gasteiger charge is 2.20. The van der Waals surface area contributed by atoms with Crippen molar-refractivity contribution < 1.29 is 4.79 Å². The van der Waals surface area contributed by atoms with Gasteiger partial charge in [0.05, 0.1) is 11.4 Å². The Kier molecular flexibility index (Phi) is 6.84. The number of hydrogen-bond donors (Lipinski definition) is 0. The summed E-state index contributed by atoms with van der Waals surface area (Å²) in [5, 5.41) is 14.0. The van der Waals surface area contributed by atoms with Crippen LogP contribution in [0.5, 0.6) is 0 Å². The van der Waals surface area contributed by atoms with Crippen LogP contribution in [0.15, 0.2) is 52.6 Å². The maximum Gasteiger partial charge on any atom is 0.230 e. The summed E-state index contributed by atoms with van der Waals surface area (Å²) in [6.07, 6.45) is 2.74. The summed E-state index contributed by atoms with van der Waals surface area (Å²) in [5.74, 6) is 0.628. The first-order valence-electron chi connectivity index (χ1n) is 9.87. The van der Waals surface area contributed by atoms with E-state index in [0.29, 0.717) is 10.9 Å². The number of rotatable bonds is 8. The van der Waals surface area contributed by atoms with E-state index in [9.17, 15) is 4.79 Å². The molecule has 4 rings (SSSR count). The highest BCUT2D eigenvalue weighted by Crippen LogP contribution is 2.33. The number of thiazole rings is 1. The SMILES string of the molecule is CC(=O)N(c1nc(CSc2nncn2CCc2cccs2)cs1)c1cccc(C)c1C. The standard InChI is InChI=1S/C22H23N5OS3/c1-15-6-4-8-20(16(15)2)27(17(3)28)21-24-18(12-30-21)13-31-22-25-23-14-26(22)10-9-19-7-5-11-29-19/h4-8,11-12,14H,9-10,13H2,1-3H3. The lowest BCUT2D eigenvalue weighted by atomic mass is 10.1.